The van der Waals surface area contributed by atoms with Gasteiger partial charge in [0.1, 0.15) is 0 Å². The van der Waals surface area contributed by atoms with Gasteiger partial charge in [0.2, 0.25) is 0 Å². The Labute approximate surface area is 132 Å². The summed E-state index contributed by atoms with van der Waals surface area (Å²) in [6.45, 7) is 5.52. The predicted octanol–water partition coefficient (Wildman–Crippen LogP) is 1.13. The van der Waals surface area contributed by atoms with E-state index < -0.39 is 0 Å². The Morgan fingerprint density at radius 1 is 1.36 bits per heavy atom. The lowest BCUT2D eigenvalue weighted by Gasteiger charge is -2.28. The molecule has 0 radical (unpaired) electrons. The largest absolute Gasteiger partial charge is 0.376 e. The third-order valence-corrected chi connectivity index (χ3v) is 4.43. The molecular formula is C17H26N4O. The van der Waals surface area contributed by atoms with Crippen molar-refractivity contribution in [2.75, 3.05) is 32.8 Å². The molecule has 2 aliphatic heterocycles. The summed E-state index contributed by atoms with van der Waals surface area (Å²) in [6, 6.07) is 8.71. The van der Waals surface area contributed by atoms with Crippen LogP contribution in [-0.4, -0.2) is 49.7 Å². The van der Waals surface area contributed by atoms with Crippen molar-refractivity contribution in [3.8, 4) is 0 Å². The van der Waals surface area contributed by atoms with Crippen LogP contribution in [0.15, 0.2) is 29.3 Å². The molecule has 0 spiro atoms. The molecule has 120 valence electrons. The molecule has 5 nitrogen and oxygen atoms in total. The summed E-state index contributed by atoms with van der Waals surface area (Å²) in [5.41, 5.74) is 8.85. The van der Waals surface area contributed by atoms with E-state index in [0.29, 0.717) is 12.5 Å². The molecule has 3 N–H and O–H groups in total. The van der Waals surface area contributed by atoms with Crippen LogP contribution >= 0.6 is 0 Å². The van der Waals surface area contributed by atoms with Crippen LogP contribution in [0.1, 0.15) is 24.0 Å². The number of nitrogens with one attached hydrogen (secondary N) is 1. The topological polar surface area (TPSA) is 62.9 Å². The molecule has 1 atom stereocenters. The van der Waals surface area contributed by atoms with Crippen LogP contribution in [0.5, 0.6) is 0 Å². The van der Waals surface area contributed by atoms with Gasteiger partial charge in [-0.2, -0.15) is 0 Å². The van der Waals surface area contributed by atoms with Gasteiger partial charge in [0.25, 0.3) is 0 Å². The van der Waals surface area contributed by atoms with Crippen LogP contribution in [0.2, 0.25) is 0 Å². The van der Waals surface area contributed by atoms with Gasteiger partial charge in [-0.3, -0.25) is 9.89 Å². The van der Waals surface area contributed by atoms with Crippen molar-refractivity contribution in [2.45, 2.75) is 31.9 Å². The summed E-state index contributed by atoms with van der Waals surface area (Å²) in [5, 5.41) is 3.21. The highest BCUT2D eigenvalue weighted by molar-refractivity contribution is 5.77. The number of nitrogens with zero attached hydrogens (tertiary/aromatic N) is 2. The van der Waals surface area contributed by atoms with Crippen LogP contribution in [0, 0.1) is 0 Å². The molecule has 2 heterocycles. The van der Waals surface area contributed by atoms with E-state index in [9.17, 15) is 0 Å². The Morgan fingerprint density at radius 2 is 2.23 bits per heavy atom. The van der Waals surface area contributed by atoms with Gasteiger partial charge >= 0.3 is 0 Å². The molecule has 0 aromatic heterocycles. The standard InChI is InChI=1S/C17H26N4O/c18-17(20-12-16-6-3-11-22-16)19-8-10-21-9-7-14-4-1-2-5-15(14)13-21/h1-2,4-5,16H,3,6-13H2,(H3,18,19,20). The number of nitrogens with two attached hydrogens (primary N) is 1. The Morgan fingerprint density at radius 3 is 3.05 bits per heavy atom. The zero-order valence-corrected chi connectivity index (χ0v) is 13.1. The summed E-state index contributed by atoms with van der Waals surface area (Å²) in [7, 11) is 0. The van der Waals surface area contributed by atoms with Gasteiger partial charge < -0.3 is 15.8 Å². The van der Waals surface area contributed by atoms with E-state index in [1.165, 1.54) is 11.1 Å². The maximum absolute atomic E-state index is 5.91. The summed E-state index contributed by atoms with van der Waals surface area (Å²) in [4.78, 5) is 6.83. The summed E-state index contributed by atoms with van der Waals surface area (Å²) in [6.07, 6.45) is 3.64. The normalized spacial score (nSPS) is 22.5. The van der Waals surface area contributed by atoms with Gasteiger partial charge in [-0.25, -0.2) is 0 Å². The average Bonchev–Trinajstić information content (AvgIpc) is 3.06. The fraction of sp³-hybridized carbons (Fsp3) is 0.588. The minimum atomic E-state index is 0.263. The van der Waals surface area contributed by atoms with Crippen molar-refractivity contribution in [2.24, 2.45) is 10.7 Å². The molecular weight excluding hydrogens is 276 g/mol. The molecule has 1 aromatic carbocycles. The van der Waals surface area contributed by atoms with Crippen molar-refractivity contribution in [1.29, 1.82) is 0 Å². The third kappa shape index (κ3) is 4.21. The fourth-order valence-corrected chi connectivity index (χ4v) is 3.13. The van der Waals surface area contributed by atoms with Crippen LogP contribution < -0.4 is 11.1 Å². The van der Waals surface area contributed by atoms with Gasteiger partial charge in [0.05, 0.1) is 12.6 Å². The van der Waals surface area contributed by atoms with Gasteiger partial charge in [0, 0.05) is 32.8 Å². The first-order chi connectivity index (χ1) is 10.8. The Hall–Kier alpha value is -1.59. The number of ether oxygens (including phenoxy) is 1. The fourth-order valence-electron chi connectivity index (χ4n) is 3.13. The minimum Gasteiger partial charge on any atom is -0.376 e. The molecule has 0 saturated carbocycles. The first-order valence-electron chi connectivity index (χ1n) is 8.26. The molecule has 0 aliphatic carbocycles. The smallest absolute Gasteiger partial charge is 0.188 e. The van der Waals surface area contributed by atoms with E-state index in [4.69, 9.17) is 10.5 Å². The molecule has 1 unspecified atom stereocenters. The molecule has 1 aromatic rings. The van der Waals surface area contributed by atoms with Gasteiger partial charge in [-0.1, -0.05) is 24.3 Å². The highest BCUT2D eigenvalue weighted by Gasteiger charge is 2.16. The van der Waals surface area contributed by atoms with Crippen molar-refractivity contribution in [3.63, 3.8) is 0 Å². The van der Waals surface area contributed by atoms with E-state index in [0.717, 1.165) is 52.0 Å². The predicted molar refractivity (Wildman–Crippen MR) is 88.9 cm³/mol. The highest BCUT2D eigenvalue weighted by atomic mass is 16.5. The Kier molecular flexibility index (Phi) is 5.29. The van der Waals surface area contributed by atoms with Crippen LogP contribution in [-0.2, 0) is 17.7 Å². The maximum atomic E-state index is 5.91. The Balaban J connectivity index is 1.37. The van der Waals surface area contributed by atoms with Crippen LogP contribution in [0.4, 0.5) is 0 Å². The van der Waals surface area contributed by atoms with Crippen LogP contribution in [0.3, 0.4) is 0 Å². The summed E-state index contributed by atoms with van der Waals surface area (Å²) < 4.78 is 5.54. The van der Waals surface area contributed by atoms with E-state index in [2.05, 4.69) is 39.5 Å². The minimum absolute atomic E-state index is 0.263. The number of fused-ring (bicyclic) bond motifs is 1. The Bertz CT molecular complexity index is 511. The van der Waals surface area contributed by atoms with Gasteiger partial charge in [-0.15, -0.1) is 0 Å². The second-order valence-corrected chi connectivity index (χ2v) is 6.08. The second-order valence-electron chi connectivity index (χ2n) is 6.08. The molecule has 22 heavy (non-hydrogen) atoms. The molecule has 1 saturated heterocycles. The highest BCUT2D eigenvalue weighted by Crippen LogP contribution is 2.17. The molecule has 5 heteroatoms. The number of hydrogen-bond donors (Lipinski definition) is 2. The molecule has 0 bridgehead atoms. The van der Waals surface area contributed by atoms with E-state index >= 15 is 0 Å². The molecule has 3 rings (SSSR count). The lowest BCUT2D eigenvalue weighted by Crippen LogP contribution is -2.40. The lowest BCUT2D eigenvalue weighted by molar-refractivity contribution is 0.117. The number of benzene rings is 1. The summed E-state index contributed by atoms with van der Waals surface area (Å²) >= 11 is 0. The first kappa shape index (κ1) is 15.3. The zero-order valence-electron chi connectivity index (χ0n) is 13.1. The summed E-state index contributed by atoms with van der Waals surface area (Å²) in [5.74, 6) is 0.535. The monoisotopic (exact) mass is 302 g/mol. The number of aliphatic imine (C=N–C) groups is 1. The van der Waals surface area contributed by atoms with E-state index in [1.54, 1.807) is 0 Å². The molecule has 2 aliphatic rings. The van der Waals surface area contributed by atoms with Crippen molar-refractivity contribution < 1.29 is 4.74 Å². The van der Waals surface area contributed by atoms with E-state index in [1.807, 2.05) is 0 Å². The molecule has 1 fully saturated rings. The van der Waals surface area contributed by atoms with Gasteiger partial charge in [-0.05, 0) is 30.4 Å². The average molecular weight is 302 g/mol. The van der Waals surface area contributed by atoms with Crippen molar-refractivity contribution in [1.82, 2.24) is 10.2 Å². The lowest BCUT2D eigenvalue weighted by atomic mass is 10.00. The van der Waals surface area contributed by atoms with Gasteiger partial charge in [0.15, 0.2) is 5.96 Å². The van der Waals surface area contributed by atoms with Crippen molar-refractivity contribution >= 4 is 5.96 Å². The van der Waals surface area contributed by atoms with Crippen LogP contribution in [0.25, 0.3) is 0 Å². The second kappa shape index (κ2) is 7.61. The molecule has 0 amide bonds. The third-order valence-electron chi connectivity index (χ3n) is 4.43. The number of guanidine groups is 1. The number of rotatable bonds is 5. The quantitative estimate of drug-likeness (QED) is 0.632. The SMILES string of the molecule is NC(=NCC1CCCO1)NCCN1CCc2ccccc2C1. The maximum Gasteiger partial charge on any atom is 0.188 e. The zero-order chi connectivity index (χ0) is 15.2. The number of hydrogen-bond acceptors (Lipinski definition) is 3. The van der Waals surface area contributed by atoms with E-state index in [-0.39, 0.29) is 6.10 Å². The van der Waals surface area contributed by atoms with Crippen molar-refractivity contribution in [3.05, 3.63) is 35.4 Å². The first-order valence-corrected chi connectivity index (χ1v) is 8.26.